The maximum Gasteiger partial charge on any atom is 0.306 e. The van der Waals surface area contributed by atoms with Crippen LogP contribution in [0, 0.1) is 11.8 Å². The number of carbonyl (C=O) groups is 2. The fourth-order valence-electron chi connectivity index (χ4n) is 2.10. The fourth-order valence-corrected chi connectivity index (χ4v) is 2.10. The van der Waals surface area contributed by atoms with E-state index in [9.17, 15) is 14.7 Å². The minimum absolute atomic E-state index is 0.116. The van der Waals surface area contributed by atoms with E-state index in [1.54, 1.807) is 12.5 Å². The Morgan fingerprint density at radius 1 is 1.53 bits per heavy atom. The van der Waals surface area contributed by atoms with E-state index in [1.165, 1.54) is 6.92 Å². The topological polar surface area (TPSA) is 81.4 Å². The summed E-state index contributed by atoms with van der Waals surface area (Å²) in [5.74, 6) is -2.03. The molecule has 0 amide bonds. The summed E-state index contributed by atoms with van der Waals surface area (Å²) in [4.78, 5) is 26.2. The summed E-state index contributed by atoms with van der Waals surface area (Å²) >= 11 is 0. The van der Waals surface area contributed by atoms with Crippen LogP contribution in [0.25, 0.3) is 0 Å². The highest BCUT2D eigenvalue weighted by Gasteiger charge is 2.28. The summed E-state index contributed by atoms with van der Waals surface area (Å²) in [7, 11) is 1.85. The molecule has 1 aromatic heterocycles. The maximum atomic E-state index is 11.3. The van der Waals surface area contributed by atoms with Crippen LogP contribution in [-0.4, -0.2) is 33.2 Å². The highest BCUT2D eigenvalue weighted by Crippen LogP contribution is 2.21. The van der Waals surface area contributed by atoms with Crippen molar-refractivity contribution >= 4 is 11.9 Å². The molecule has 106 valence electrons. The minimum Gasteiger partial charge on any atom is -0.481 e. The van der Waals surface area contributed by atoms with Crippen molar-refractivity contribution in [2.75, 3.05) is 6.61 Å². The van der Waals surface area contributed by atoms with Crippen molar-refractivity contribution < 1.29 is 19.4 Å². The van der Waals surface area contributed by atoms with Crippen LogP contribution in [0.2, 0.25) is 0 Å². The second-order valence-corrected chi connectivity index (χ2v) is 4.62. The Hall–Kier alpha value is -1.85. The number of aryl methyl sites for hydroxylation is 1. The monoisotopic (exact) mass is 268 g/mol. The van der Waals surface area contributed by atoms with Gasteiger partial charge < -0.3 is 14.4 Å². The largest absolute Gasteiger partial charge is 0.481 e. The molecule has 0 spiro atoms. The van der Waals surface area contributed by atoms with Gasteiger partial charge in [0.1, 0.15) is 0 Å². The van der Waals surface area contributed by atoms with E-state index in [1.807, 2.05) is 18.5 Å². The lowest BCUT2D eigenvalue weighted by molar-refractivity contribution is -0.149. The predicted octanol–water partition coefficient (Wildman–Crippen LogP) is 1.25. The predicted molar refractivity (Wildman–Crippen MR) is 68.5 cm³/mol. The lowest BCUT2D eigenvalue weighted by Gasteiger charge is -2.22. The number of carbonyl (C=O) groups excluding carboxylic acids is 1. The molecule has 0 aliphatic heterocycles. The first-order valence-corrected chi connectivity index (χ1v) is 6.27. The number of aliphatic carboxylic acids is 1. The van der Waals surface area contributed by atoms with Crippen LogP contribution in [0.5, 0.6) is 0 Å². The lowest BCUT2D eigenvalue weighted by atomic mass is 9.87. The van der Waals surface area contributed by atoms with Crippen molar-refractivity contribution in [3.8, 4) is 0 Å². The molecule has 1 aromatic rings. The van der Waals surface area contributed by atoms with Crippen molar-refractivity contribution in [3.05, 3.63) is 18.2 Å². The van der Waals surface area contributed by atoms with Crippen LogP contribution in [0.15, 0.2) is 12.5 Å². The third-order valence-electron chi connectivity index (χ3n) is 3.21. The summed E-state index contributed by atoms with van der Waals surface area (Å²) in [6, 6.07) is 0. The number of aromatic nitrogens is 2. The van der Waals surface area contributed by atoms with Crippen LogP contribution < -0.4 is 0 Å². The van der Waals surface area contributed by atoms with E-state index in [4.69, 9.17) is 4.74 Å². The highest BCUT2D eigenvalue weighted by molar-refractivity contribution is 5.70. The molecule has 1 N–H and O–H groups in total. The Labute approximate surface area is 112 Å². The molecule has 0 saturated carbocycles. The minimum atomic E-state index is -0.859. The van der Waals surface area contributed by atoms with E-state index in [0.717, 1.165) is 5.69 Å². The van der Waals surface area contributed by atoms with E-state index in [2.05, 4.69) is 4.98 Å². The SMILES string of the molecule is CC[C@H](C(=O)O)[C@H](COC(C)=O)Cc1cncn1C. The van der Waals surface area contributed by atoms with Crippen LogP contribution in [0.3, 0.4) is 0 Å². The van der Waals surface area contributed by atoms with Crippen molar-refractivity contribution in [2.24, 2.45) is 18.9 Å². The van der Waals surface area contributed by atoms with Gasteiger partial charge in [-0.3, -0.25) is 9.59 Å². The number of rotatable bonds is 7. The Kier molecular flexibility index (Phi) is 5.54. The number of esters is 1. The van der Waals surface area contributed by atoms with E-state index in [0.29, 0.717) is 12.8 Å². The number of ether oxygens (including phenoxy) is 1. The van der Waals surface area contributed by atoms with Crippen LogP contribution in [-0.2, 0) is 27.8 Å². The van der Waals surface area contributed by atoms with Gasteiger partial charge in [-0.05, 0) is 12.8 Å². The van der Waals surface area contributed by atoms with Gasteiger partial charge in [-0.2, -0.15) is 0 Å². The molecular weight excluding hydrogens is 248 g/mol. The van der Waals surface area contributed by atoms with Crippen molar-refractivity contribution in [1.82, 2.24) is 9.55 Å². The molecule has 1 heterocycles. The molecular formula is C13H20N2O4. The molecule has 0 fully saturated rings. The summed E-state index contributed by atoms with van der Waals surface area (Å²) in [6.07, 6.45) is 4.39. The average molecular weight is 268 g/mol. The van der Waals surface area contributed by atoms with Gasteiger partial charge in [-0.1, -0.05) is 6.92 Å². The summed E-state index contributed by atoms with van der Waals surface area (Å²) in [5, 5.41) is 9.24. The van der Waals surface area contributed by atoms with Crippen molar-refractivity contribution in [2.45, 2.75) is 26.7 Å². The van der Waals surface area contributed by atoms with Gasteiger partial charge in [0.2, 0.25) is 0 Å². The van der Waals surface area contributed by atoms with Gasteiger partial charge in [-0.15, -0.1) is 0 Å². The number of nitrogens with zero attached hydrogens (tertiary/aromatic N) is 2. The zero-order chi connectivity index (χ0) is 14.4. The van der Waals surface area contributed by atoms with Gasteiger partial charge in [0.25, 0.3) is 0 Å². The van der Waals surface area contributed by atoms with E-state index in [-0.39, 0.29) is 12.5 Å². The molecule has 2 atom stereocenters. The fraction of sp³-hybridized carbons (Fsp3) is 0.615. The van der Waals surface area contributed by atoms with E-state index >= 15 is 0 Å². The number of hydrogen-bond acceptors (Lipinski definition) is 4. The number of carboxylic acids is 1. The standard InChI is InChI=1S/C13H20N2O4/c1-4-12(13(17)18)10(7-19-9(2)16)5-11-6-14-8-15(11)3/h6,8,10,12H,4-5,7H2,1-3H3,(H,17,18)/t10-,12-/m0/s1. The average Bonchev–Trinajstić information content (AvgIpc) is 2.72. The molecule has 0 bridgehead atoms. The summed E-state index contributed by atoms with van der Waals surface area (Å²) in [5.41, 5.74) is 0.928. The van der Waals surface area contributed by atoms with Gasteiger partial charge in [-0.25, -0.2) is 4.98 Å². The first-order chi connectivity index (χ1) is 8.95. The molecule has 0 aromatic carbocycles. The van der Waals surface area contributed by atoms with Gasteiger partial charge in [0, 0.05) is 31.8 Å². The Morgan fingerprint density at radius 2 is 2.21 bits per heavy atom. The first-order valence-electron chi connectivity index (χ1n) is 6.27. The normalized spacial score (nSPS) is 13.8. The van der Waals surface area contributed by atoms with E-state index < -0.39 is 17.9 Å². The quantitative estimate of drug-likeness (QED) is 0.753. The number of imidazole rings is 1. The third-order valence-corrected chi connectivity index (χ3v) is 3.21. The van der Waals surface area contributed by atoms with Crippen LogP contribution in [0.1, 0.15) is 26.0 Å². The smallest absolute Gasteiger partial charge is 0.306 e. The molecule has 0 aliphatic rings. The molecule has 0 saturated heterocycles. The van der Waals surface area contributed by atoms with Crippen LogP contribution in [0.4, 0.5) is 0 Å². The third kappa shape index (κ3) is 4.39. The summed E-state index contributed by atoms with van der Waals surface area (Å²) < 4.78 is 6.84. The highest BCUT2D eigenvalue weighted by atomic mass is 16.5. The molecule has 0 unspecified atom stereocenters. The Balaban J connectivity index is 2.81. The molecule has 6 nitrogen and oxygen atoms in total. The van der Waals surface area contributed by atoms with Gasteiger partial charge in [0.15, 0.2) is 0 Å². The molecule has 19 heavy (non-hydrogen) atoms. The Bertz CT molecular complexity index is 442. The summed E-state index contributed by atoms with van der Waals surface area (Å²) in [6.45, 7) is 3.26. The van der Waals surface area contributed by atoms with Crippen molar-refractivity contribution in [1.29, 1.82) is 0 Å². The maximum absolute atomic E-state index is 11.3. The van der Waals surface area contributed by atoms with Gasteiger partial charge >= 0.3 is 11.9 Å². The zero-order valence-electron chi connectivity index (χ0n) is 11.5. The molecule has 1 rings (SSSR count). The molecule has 0 aliphatic carbocycles. The second-order valence-electron chi connectivity index (χ2n) is 4.62. The molecule has 6 heteroatoms. The zero-order valence-corrected chi connectivity index (χ0v) is 11.5. The van der Waals surface area contributed by atoms with Crippen LogP contribution >= 0.6 is 0 Å². The Morgan fingerprint density at radius 3 is 2.63 bits per heavy atom. The first kappa shape index (κ1) is 15.2. The second kappa shape index (κ2) is 6.92. The van der Waals surface area contributed by atoms with Crippen molar-refractivity contribution in [3.63, 3.8) is 0 Å². The molecule has 0 radical (unpaired) electrons. The number of hydrogen-bond donors (Lipinski definition) is 1. The number of carboxylic acid groups (broad SMARTS) is 1. The van der Waals surface area contributed by atoms with Gasteiger partial charge in [0.05, 0.1) is 18.9 Å². The lowest BCUT2D eigenvalue weighted by Crippen LogP contribution is -2.29.